The topological polar surface area (TPSA) is 91.0 Å². The summed E-state index contributed by atoms with van der Waals surface area (Å²) >= 11 is 6.36. The summed E-state index contributed by atoms with van der Waals surface area (Å²) in [6.45, 7) is 8.15. The molecule has 0 bridgehead atoms. The van der Waals surface area contributed by atoms with Gasteiger partial charge < -0.3 is 21.3 Å². The Balaban J connectivity index is 1.34. The summed E-state index contributed by atoms with van der Waals surface area (Å²) in [6, 6.07) is 9.24. The van der Waals surface area contributed by atoms with Crippen LogP contribution in [0.5, 0.6) is 0 Å². The Hall–Kier alpha value is -3.23. The molecule has 0 radical (unpaired) electrons. The molecule has 7 nitrogen and oxygen atoms in total. The van der Waals surface area contributed by atoms with E-state index in [4.69, 9.17) is 11.6 Å². The molecule has 9 heteroatoms. The number of rotatable bonds is 6. The number of anilines is 4. The quantitative estimate of drug-likeness (QED) is 0.345. The van der Waals surface area contributed by atoms with Crippen LogP contribution in [0.4, 0.5) is 27.5 Å². The number of carbonyl (C=O) groups is 1. The van der Waals surface area contributed by atoms with E-state index in [0.717, 1.165) is 53.9 Å². The highest BCUT2D eigenvalue weighted by Gasteiger charge is 2.39. The van der Waals surface area contributed by atoms with Gasteiger partial charge in [-0.05, 0) is 93.1 Å². The zero-order valence-electron chi connectivity index (χ0n) is 20.6. The number of benzene rings is 2. The number of fused-ring (bicyclic) bond motifs is 1. The van der Waals surface area contributed by atoms with Crippen molar-refractivity contribution in [3.8, 4) is 0 Å². The van der Waals surface area contributed by atoms with E-state index in [-0.39, 0.29) is 17.7 Å². The number of carbonyl (C=O) groups excluding carboxylic acids is 1. The van der Waals surface area contributed by atoms with Crippen molar-refractivity contribution in [2.24, 2.45) is 0 Å². The molecule has 0 atom stereocenters. The molecule has 1 aromatic heterocycles. The van der Waals surface area contributed by atoms with E-state index in [2.05, 4.69) is 31.2 Å². The minimum Gasteiger partial charge on any atom is -0.365 e. The van der Waals surface area contributed by atoms with Crippen LogP contribution in [0.15, 0.2) is 36.5 Å². The third-order valence-electron chi connectivity index (χ3n) is 7.16. The molecule has 3 aromatic rings. The van der Waals surface area contributed by atoms with Crippen molar-refractivity contribution >= 4 is 40.6 Å². The van der Waals surface area contributed by atoms with Crippen LogP contribution in [0.3, 0.4) is 0 Å². The molecule has 4 N–H and O–H groups in total. The van der Waals surface area contributed by atoms with Gasteiger partial charge in [0.05, 0.1) is 17.3 Å². The monoisotopic (exact) mass is 508 g/mol. The average Bonchev–Trinajstić information content (AvgIpc) is 3.10. The second-order valence-electron chi connectivity index (χ2n) is 10.0. The van der Waals surface area contributed by atoms with Crippen LogP contribution in [0, 0.1) is 12.7 Å². The van der Waals surface area contributed by atoms with Crippen molar-refractivity contribution in [2.45, 2.75) is 51.5 Å². The van der Waals surface area contributed by atoms with Crippen molar-refractivity contribution in [3.05, 3.63) is 69.6 Å². The molecule has 1 fully saturated rings. The summed E-state index contributed by atoms with van der Waals surface area (Å²) in [5.41, 5.74) is 4.54. The first-order valence-electron chi connectivity index (χ1n) is 12.2. The van der Waals surface area contributed by atoms with Crippen molar-refractivity contribution in [1.29, 1.82) is 0 Å². The predicted octanol–water partition coefficient (Wildman–Crippen LogP) is 5.63. The van der Waals surface area contributed by atoms with Gasteiger partial charge in [0.2, 0.25) is 11.9 Å². The van der Waals surface area contributed by atoms with Gasteiger partial charge in [-0.3, -0.25) is 4.79 Å². The Kier molecular flexibility index (Phi) is 6.57. The number of aryl methyl sites for hydroxylation is 1. The lowest BCUT2D eigenvalue weighted by molar-refractivity contribution is -0.119. The van der Waals surface area contributed by atoms with E-state index in [1.54, 1.807) is 6.07 Å². The normalized spacial score (nSPS) is 17.0. The molecule has 5 rings (SSSR count). The van der Waals surface area contributed by atoms with E-state index >= 15 is 4.39 Å². The molecular weight excluding hydrogens is 479 g/mol. The summed E-state index contributed by atoms with van der Waals surface area (Å²) < 4.78 is 15.0. The van der Waals surface area contributed by atoms with Crippen LogP contribution in [0.25, 0.3) is 0 Å². The van der Waals surface area contributed by atoms with E-state index in [1.165, 1.54) is 6.20 Å². The van der Waals surface area contributed by atoms with Gasteiger partial charge in [-0.2, -0.15) is 4.98 Å². The Morgan fingerprint density at radius 1 is 1.22 bits per heavy atom. The van der Waals surface area contributed by atoms with Crippen LogP contribution < -0.4 is 21.3 Å². The summed E-state index contributed by atoms with van der Waals surface area (Å²) in [6.07, 6.45) is 3.50. The molecule has 188 valence electrons. The lowest BCUT2D eigenvalue weighted by atomic mass is 9.83. The maximum Gasteiger partial charge on any atom is 0.234 e. The fourth-order valence-electron chi connectivity index (χ4n) is 5.20. The number of halogens is 2. The van der Waals surface area contributed by atoms with Gasteiger partial charge >= 0.3 is 0 Å². The van der Waals surface area contributed by atoms with E-state index in [0.29, 0.717) is 29.0 Å². The standard InChI is InChI=1S/C27H30ClFN6O/c1-15-11-22(20(29)12-18(15)16-7-9-30-10-8-16)34-26-32-14-19(28)24(35-26)31-13-17-5-4-6-21-23(17)27(2,3)25(36)33-21/h4-6,11-12,14,16,30H,7-10,13H2,1-3H3,(H,33,36)(H2,31,32,34,35). The van der Waals surface area contributed by atoms with Crippen LogP contribution in [0.2, 0.25) is 5.02 Å². The van der Waals surface area contributed by atoms with Crippen molar-refractivity contribution < 1.29 is 9.18 Å². The van der Waals surface area contributed by atoms with E-state index in [1.807, 2.05) is 45.0 Å². The number of nitrogens with zero attached hydrogens (tertiary/aromatic N) is 2. The van der Waals surface area contributed by atoms with Gasteiger partial charge in [0.15, 0.2) is 5.82 Å². The summed E-state index contributed by atoms with van der Waals surface area (Å²) in [5, 5.41) is 12.9. The number of amides is 1. The van der Waals surface area contributed by atoms with Crippen LogP contribution in [0.1, 0.15) is 54.9 Å². The van der Waals surface area contributed by atoms with E-state index < -0.39 is 5.41 Å². The first-order valence-corrected chi connectivity index (χ1v) is 12.6. The Bertz CT molecular complexity index is 1320. The molecule has 1 amide bonds. The molecule has 0 unspecified atom stereocenters. The second-order valence-corrected chi connectivity index (χ2v) is 10.4. The van der Waals surface area contributed by atoms with Crippen molar-refractivity contribution in [2.75, 3.05) is 29.0 Å². The van der Waals surface area contributed by atoms with Gasteiger partial charge in [-0.15, -0.1) is 0 Å². The molecule has 36 heavy (non-hydrogen) atoms. The minimum atomic E-state index is -0.633. The molecule has 2 aliphatic heterocycles. The number of hydrogen-bond donors (Lipinski definition) is 4. The molecule has 0 saturated carbocycles. The van der Waals surface area contributed by atoms with E-state index in [9.17, 15) is 4.79 Å². The molecular formula is C27H30ClFN6O. The smallest absolute Gasteiger partial charge is 0.234 e. The first kappa shape index (κ1) is 24.5. The molecule has 1 saturated heterocycles. The van der Waals surface area contributed by atoms with Crippen molar-refractivity contribution in [1.82, 2.24) is 15.3 Å². The molecule has 0 aliphatic carbocycles. The number of nitrogens with one attached hydrogen (secondary N) is 4. The number of piperidine rings is 1. The number of aromatic nitrogens is 2. The highest BCUT2D eigenvalue weighted by Crippen LogP contribution is 2.40. The van der Waals surface area contributed by atoms with Crippen LogP contribution in [-0.4, -0.2) is 29.0 Å². The highest BCUT2D eigenvalue weighted by atomic mass is 35.5. The molecule has 3 heterocycles. The minimum absolute atomic E-state index is 0.0278. The lowest BCUT2D eigenvalue weighted by Crippen LogP contribution is -2.28. The zero-order chi connectivity index (χ0) is 25.4. The third-order valence-corrected chi connectivity index (χ3v) is 7.44. The van der Waals surface area contributed by atoms with Gasteiger partial charge in [-0.25, -0.2) is 9.37 Å². The maximum atomic E-state index is 15.0. The summed E-state index contributed by atoms with van der Waals surface area (Å²) in [4.78, 5) is 21.1. The lowest BCUT2D eigenvalue weighted by Gasteiger charge is -2.25. The Morgan fingerprint density at radius 2 is 2.00 bits per heavy atom. The maximum absolute atomic E-state index is 15.0. The molecule has 0 spiro atoms. The first-order chi connectivity index (χ1) is 17.2. The van der Waals surface area contributed by atoms with Gasteiger partial charge in [0.25, 0.3) is 0 Å². The Morgan fingerprint density at radius 3 is 2.78 bits per heavy atom. The number of hydrogen-bond acceptors (Lipinski definition) is 6. The van der Waals surface area contributed by atoms with Crippen molar-refractivity contribution in [3.63, 3.8) is 0 Å². The zero-order valence-corrected chi connectivity index (χ0v) is 21.4. The molecule has 2 aromatic carbocycles. The second kappa shape index (κ2) is 9.67. The Labute approximate surface area is 215 Å². The highest BCUT2D eigenvalue weighted by molar-refractivity contribution is 6.32. The summed E-state index contributed by atoms with van der Waals surface area (Å²) in [7, 11) is 0. The van der Waals surface area contributed by atoms with Gasteiger partial charge in [0, 0.05) is 12.2 Å². The van der Waals surface area contributed by atoms with Gasteiger partial charge in [-0.1, -0.05) is 23.7 Å². The van der Waals surface area contributed by atoms with Crippen LogP contribution >= 0.6 is 11.6 Å². The largest absolute Gasteiger partial charge is 0.365 e. The predicted molar refractivity (Wildman–Crippen MR) is 142 cm³/mol. The fourth-order valence-corrected chi connectivity index (χ4v) is 5.36. The fraction of sp³-hybridized carbons (Fsp3) is 0.370. The average molecular weight is 509 g/mol. The summed E-state index contributed by atoms with van der Waals surface area (Å²) in [5.74, 6) is 0.671. The SMILES string of the molecule is Cc1cc(Nc2ncc(Cl)c(NCc3cccc4c3C(C)(C)C(=O)N4)n2)c(F)cc1C1CCNCC1. The van der Waals surface area contributed by atoms with Gasteiger partial charge in [0.1, 0.15) is 10.8 Å². The van der Waals surface area contributed by atoms with Crippen LogP contribution in [-0.2, 0) is 16.8 Å². The molecule has 2 aliphatic rings. The third kappa shape index (κ3) is 4.63.